The Kier molecular flexibility index (Phi) is 5.06. The van der Waals surface area contributed by atoms with Crippen molar-refractivity contribution in [1.29, 1.82) is 0 Å². The largest absolute Gasteiger partial charge is 0.451 e. The molecule has 8 nitrogen and oxygen atoms in total. The highest BCUT2D eigenvalue weighted by Crippen LogP contribution is 2.47. The van der Waals surface area contributed by atoms with E-state index < -0.39 is 42.0 Å². The van der Waals surface area contributed by atoms with Gasteiger partial charge in [0.1, 0.15) is 17.8 Å². The Bertz CT molecular complexity index is 965. The van der Waals surface area contributed by atoms with E-state index in [1.54, 1.807) is 4.90 Å². The number of carbonyl (C=O) groups is 1. The van der Waals surface area contributed by atoms with Gasteiger partial charge in [0.05, 0.1) is 23.8 Å². The third kappa shape index (κ3) is 3.91. The number of hydrogen-bond donors (Lipinski definition) is 3. The minimum Gasteiger partial charge on any atom is -0.382 e. The van der Waals surface area contributed by atoms with E-state index in [1.807, 2.05) is 0 Å². The minimum atomic E-state index is -4.86. The van der Waals surface area contributed by atoms with Gasteiger partial charge in [-0.1, -0.05) is 0 Å². The van der Waals surface area contributed by atoms with Crippen LogP contribution in [0, 0.1) is 0 Å². The van der Waals surface area contributed by atoms with E-state index in [0.29, 0.717) is 31.6 Å². The highest BCUT2D eigenvalue weighted by molar-refractivity contribution is 5.97. The number of fused-ring (bicyclic) bond motifs is 1. The van der Waals surface area contributed by atoms with Crippen LogP contribution in [0.3, 0.4) is 0 Å². The number of carbonyl (C=O) groups excluding carboxylic acids is 1. The van der Waals surface area contributed by atoms with Gasteiger partial charge >= 0.3 is 12.4 Å². The molecule has 2 aromatic rings. The molecule has 31 heavy (non-hydrogen) atoms. The van der Waals surface area contributed by atoms with Crippen LogP contribution in [0.15, 0.2) is 12.4 Å². The maximum atomic E-state index is 13.6. The molecular formula is C17H16F6N6O2. The van der Waals surface area contributed by atoms with Crippen molar-refractivity contribution >= 4 is 17.4 Å². The predicted octanol–water partition coefficient (Wildman–Crippen LogP) is 2.56. The second-order valence-corrected chi connectivity index (χ2v) is 7.37. The zero-order valence-electron chi connectivity index (χ0n) is 15.6. The molecule has 0 bridgehead atoms. The fourth-order valence-electron chi connectivity index (χ4n) is 3.98. The second kappa shape index (κ2) is 7.35. The first kappa shape index (κ1) is 21.3. The number of rotatable bonds is 2. The average Bonchev–Trinajstić information content (AvgIpc) is 3.10. The van der Waals surface area contributed by atoms with E-state index in [-0.39, 0.29) is 17.1 Å². The molecule has 1 fully saturated rings. The van der Waals surface area contributed by atoms with Crippen molar-refractivity contribution in [1.82, 2.24) is 20.2 Å². The summed E-state index contributed by atoms with van der Waals surface area (Å²) < 4.78 is 78.6. The molecular weight excluding hydrogens is 434 g/mol. The molecule has 0 aliphatic carbocycles. The quantitative estimate of drug-likeness (QED) is 0.608. The van der Waals surface area contributed by atoms with Crippen molar-refractivity contribution in [3.05, 3.63) is 29.5 Å². The predicted molar refractivity (Wildman–Crippen MR) is 93.2 cm³/mol. The number of H-pyrrole nitrogens is 1. The summed E-state index contributed by atoms with van der Waals surface area (Å²) >= 11 is 0. The zero-order chi connectivity index (χ0) is 22.6. The minimum absolute atomic E-state index is 0.111. The van der Waals surface area contributed by atoms with Gasteiger partial charge in [0.2, 0.25) is 5.82 Å². The summed E-state index contributed by atoms with van der Waals surface area (Å²) in [5.74, 6) is -5.41. The molecule has 14 heteroatoms. The Morgan fingerprint density at radius 2 is 1.68 bits per heavy atom. The Morgan fingerprint density at radius 3 is 2.23 bits per heavy atom. The van der Waals surface area contributed by atoms with Crippen molar-refractivity contribution in [2.75, 3.05) is 23.3 Å². The van der Waals surface area contributed by atoms with E-state index in [1.165, 1.54) is 0 Å². The smallest absolute Gasteiger partial charge is 0.382 e. The summed E-state index contributed by atoms with van der Waals surface area (Å²) in [6.45, 7) is 0.652. The van der Waals surface area contributed by atoms with Gasteiger partial charge in [-0.25, -0.2) is 9.97 Å². The van der Waals surface area contributed by atoms with Crippen LogP contribution in [0.1, 0.15) is 41.8 Å². The van der Waals surface area contributed by atoms with Crippen LogP contribution in [0.25, 0.3) is 0 Å². The molecule has 0 saturated carbocycles. The Hall–Kier alpha value is -2.90. The van der Waals surface area contributed by atoms with E-state index in [0.717, 1.165) is 12.4 Å². The summed E-state index contributed by atoms with van der Waals surface area (Å²) in [6.07, 6.45) is -8.98. The fourth-order valence-corrected chi connectivity index (χ4v) is 3.98. The van der Waals surface area contributed by atoms with Crippen molar-refractivity contribution < 1.29 is 36.2 Å². The molecule has 168 valence electrons. The number of hydrogen-bond acceptors (Lipinski definition) is 6. The molecule has 4 rings (SSSR count). The van der Waals surface area contributed by atoms with Gasteiger partial charge in [-0.2, -0.15) is 31.4 Å². The summed E-state index contributed by atoms with van der Waals surface area (Å²) in [6, 6.07) is 0. The number of aliphatic hydroxyl groups excluding tert-OH is 1. The van der Waals surface area contributed by atoms with Crippen LogP contribution < -0.4 is 10.2 Å². The topological polar surface area (TPSA) is 107 Å². The van der Waals surface area contributed by atoms with Gasteiger partial charge in [-0.3, -0.25) is 9.89 Å². The van der Waals surface area contributed by atoms with Crippen LogP contribution in [0.5, 0.6) is 0 Å². The summed E-state index contributed by atoms with van der Waals surface area (Å²) in [4.78, 5) is 20.0. The van der Waals surface area contributed by atoms with Crippen LogP contribution in [-0.4, -0.2) is 56.5 Å². The van der Waals surface area contributed by atoms with Crippen molar-refractivity contribution in [2.45, 2.75) is 43.1 Å². The number of piperidine rings is 1. The van der Waals surface area contributed by atoms with E-state index in [4.69, 9.17) is 0 Å². The van der Waals surface area contributed by atoms with Crippen molar-refractivity contribution in [3.8, 4) is 0 Å². The summed E-state index contributed by atoms with van der Waals surface area (Å²) in [7, 11) is 0. The van der Waals surface area contributed by atoms with Gasteiger partial charge in [0, 0.05) is 24.6 Å². The number of alkyl halides is 6. The van der Waals surface area contributed by atoms with E-state index in [9.17, 15) is 36.2 Å². The summed E-state index contributed by atoms with van der Waals surface area (Å²) in [5.41, 5.74) is 0.196. The molecule has 1 saturated heterocycles. The molecule has 1 amide bonds. The van der Waals surface area contributed by atoms with Gasteiger partial charge in [0.15, 0.2) is 0 Å². The third-order valence-corrected chi connectivity index (χ3v) is 5.47. The van der Waals surface area contributed by atoms with Crippen LogP contribution in [0.2, 0.25) is 0 Å². The van der Waals surface area contributed by atoms with Crippen LogP contribution in [-0.2, 0) is 11.0 Å². The molecule has 0 spiro atoms. The molecule has 0 aromatic carbocycles. The number of aromatic nitrogens is 4. The standard InChI is InChI=1S/C17H16F6N6O2/c18-16(19,20)10-9-11(27-28-13(9)26-14(31)12(10)30)7-1-3-29(4-2-7)8-5-24-15(25-6-8)17(21,22)23/h5-7,10,12,30H,1-4H2,(H2,26,27,28,31). The molecule has 2 aliphatic heterocycles. The number of nitrogens with one attached hydrogen (secondary N) is 2. The molecule has 4 heterocycles. The van der Waals surface area contributed by atoms with Gasteiger partial charge in [-0.15, -0.1) is 0 Å². The maximum absolute atomic E-state index is 13.6. The van der Waals surface area contributed by atoms with Gasteiger partial charge < -0.3 is 15.3 Å². The first-order valence-corrected chi connectivity index (χ1v) is 9.24. The number of halogens is 6. The monoisotopic (exact) mass is 450 g/mol. The molecule has 2 aromatic heterocycles. The fraction of sp³-hybridized carbons (Fsp3) is 0.529. The lowest BCUT2D eigenvalue weighted by atomic mass is 9.83. The van der Waals surface area contributed by atoms with Gasteiger partial charge in [0.25, 0.3) is 5.91 Å². The Balaban J connectivity index is 1.52. The molecule has 3 N–H and O–H groups in total. The van der Waals surface area contributed by atoms with E-state index in [2.05, 4.69) is 25.5 Å². The van der Waals surface area contributed by atoms with Crippen molar-refractivity contribution in [2.24, 2.45) is 0 Å². The third-order valence-electron chi connectivity index (χ3n) is 5.47. The number of amides is 1. The number of aliphatic hydroxyl groups is 1. The Labute approximate surface area is 170 Å². The molecule has 2 atom stereocenters. The van der Waals surface area contributed by atoms with Crippen LogP contribution >= 0.6 is 0 Å². The second-order valence-electron chi connectivity index (χ2n) is 7.37. The number of anilines is 2. The molecule has 2 unspecified atom stereocenters. The number of nitrogens with zero attached hydrogens (tertiary/aromatic N) is 4. The molecule has 2 aliphatic rings. The summed E-state index contributed by atoms with van der Waals surface area (Å²) in [5, 5.41) is 18.4. The first-order valence-electron chi connectivity index (χ1n) is 9.24. The lowest BCUT2D eigenvalue weighted by Crippen LogP contribution is -2.44. The normalized spacial score (nSPS) is 22.9. The first-order chi connectivity index (χ1) is 14.5. The average molecular weight is 450 g/mol. The lowest BCUT2D eigenvalue weighted by molar-refractivity contribution is -0.177. The van der Waals surface area contributed by atoms with Crippen molar-refractivity contribution in [3.63, 3.8) is 0 Å². The lowest BCUT2D eigenvalue weighted by Gasteiger charge is -2.34. The SMILES string of the molecule is O=C1Nc2[nH]nc(C3CCN(c4cnc(C(F)(F)F)nc4)CC3)c2C(C(F)(F)F)C1O. The number of aromatic amines is 1. The zero-order valence-corrected chi connectivity index (χ0v) is 15.6. The maximum Gasteiger partial charge on any atom is 0.451 e. The van der Waals surface area contributed by atoms with E-state index >= 15 is 0 Å². The molecule has 0 radical (unpaired) electrons. The highest BCUT2D eigenvalue weighted by Gasteiger charge is 2.53. The Morgan fingerprint density at radius 1 is 1.06 bits per heavy atom. The van der Waals surface area contributed by atoms with Gasteiger partial charge in [-0.05, 0) is 12.8 Å². The highest BCUT2D eigenvalue weighted by atomic mass is 19.4. The van der Waals surface area contributed by atoms with Crippen LogP contribution in [0.4, 0.5) is 37.8 Å².